The Hall–Kier alpha value is -4.05. The monoisotopic (exact) mass is 467 g/mol. The summed E-state index contributed by atoms with van der Waals surface area (Å²) >= 11 is 0.761. The number of benzene rings is 1. The molecule has 4 rings (SSSR count). The summed E-state index contributed by atoms with van der Waals surface area (Å²) in [5, 5.41) is -0.481. The number of methoxy groups -OCH3 is 2. The Balaban J connectivity index is 1.53. The smallest absolute Gasteiger partial charge is 0.373 e. The van der Waals surface area contributed by atoms with E-state index in [2.05, 4.69) is 4.74 Å². The highest BCUT2D eigenvalue weighted by molar-refractivity contribution is 8.18. The first-order valence-corrected chi connectivity index (χ1v) is 10.4. The van der Waals surface area contributed by atoms with Gasteiger partial charge in [-0.2, -0.15) is 0 Å². The predicted molar refractivity (Wildman–Crippen MR) is 117 cm³/mol. The second-order valence-electron chi connectivity index (χ2n) is 6.76. The molecule has 1 aliphatic rings. The predicted octanol–water partition coefficient (Wildman–Crippen LogP) is 4.35. The average Bonchev–Trinajstić information content (AvgIpc) is 3.55. The van der Waals surface area contributed by atoms with Gasteiger partial charge in [-0.1, -0.05) is 18.2 Å². The van der Waals surface area contributed by atoms with Gasteiger partial charge in [0.2, 0.25) is 5.76 Å². The van der Waals surface area contributed by atoms with Crippen molar-refractivity contribution in [2.45, 2.75) is 6.54 Å². The number of amides is 2. The van der Waals surface area contributed by atoms with Crippen molar-refractivity contribution >= 4 is 40.9 Å². The summed E-state index contributed by atoms with van der Waals surface area (Å²) in [5.41, 5.74) is 0.877. The minimum atomic E-state index is -0.655. The molecule has 10 heteroatoms. The van der Waals surface area contributed by atoms with E-state index in [0.29, 0.717) is 22.6 Å². The molecule has 168 valence electrons. The van der Waals surface area contributed by atoms with E-state index in [4.69, 9.17) is 13.6 Å². The second kappa shape index (κ2) is 9.21. The molecular formula is C23H17NO8S. The first kappa shape index (κ1) is 22.2. The highest BCUT2D eigenvalue weighted by Gasteiger charge is 2.36. The zero-order valence-electron chi connectivity index (χ0n) is 17.5. The van der Waals surface area contributed by atoms with Crippen LogP contribution in [0, 0.1) is 0 Å². The van der Waals surface area contributed by atoms with Gasteiger partial charge in [0.15, 0.2) is 0 Å². The summed E-state index contributed by atoms with van der Waals surface area (Å²) < 4.78 is 20.5. The molecule has 1 aromatic carbocycles. The van der Waals surface area contributed by atoms with Crippen LogP contribution in [0.25, 0.3) is 17.4 Å². The van der Waals surface area contributed by atoms with Crippen LogP contribution in [0.1, 0.15) is 32.4 Å². The van der Waals surface area contributed by atoms with E-state index >= 15 is 0 Å². The highest BCUT2D eigenvalue weighted by Crippen LogP contribution is 2.35. The molecule has 1 aliphatic heterocycles. The molecule has 3 heterocycles. The maximum atomic E-state index is 12.8. The number of thioether (sulfide) groups is 1. The van der Waals surface area contributed by atoms with Crippen molar-refractivity contribution in [2.75, 3.05) is 14.2 Å². The van der Waals surface area contributed by atoms with Crippen molar-refractivity contribution in [1.82, 2.24) is 4.90 Å². The minimum absolute atomic E-state index is 0.0228. The van der Waals surface area contributed by atoms with Crippen LogP contribution in [0.4, 0.5) is 4.79 Å². The number of rotatable bonds is 6. The number of imide groups is 1. The Morgan fingerprint density at radius 1 is 0.970 bits per heavy atom. The van der Waals surface area contributed by atoms with Crippen LogP contribution in [-0.2, 0) is 20.8 Å². The first-order valence-electron chi connectivity index (χ1n) is 9.61. The molecule has 9 nitrogen and oxygen atoms in total. The molecule has 2 amide bonds. The van der Waals surface area contributed by atoms with Gasteiger partial charge in [-0.25, -0.2) is 9.59 Å². The fourth-order valence-electron chi connectivity index (χ4n) is 3.16. The van der Waals surface area contributed by atoms with Gasteiger partial charge >= 0.3 is 11.9 Å². The molecule has 2 aromatic heterocycles. The lowest BCUT2D eigenvalue weighted by molar-refractivity contribution is -0.123. The van der Waals surface area contributed by atoms with Crippen molar-refractivity contribution in [2.24, 2.45) is 0 Å². The zero-order chi connectivity index (χ0) is 23.5. The number of furan rings is 2. The third-order valence-electron chi connectivity index (χ3n) is 4.73. The van der Waals surface area contributed by atoms with Gasteiger partial charge in [0, 0.05) is 11.6 Å². The molecule has 0 spiro atoms. The molecule has 3 aromatic rings. The molecule has 0 aliphatic carbocycles. The Morgan fingerprint density at radius 2 is 1.73 bits per heavy atom. The van der Waals surface area contributed by atoms with Crippen molar-refractivity contribution in [3.8, 4) is 11.3 Å². The van der Waals surface area contributed by atoms with Gasteiger partial charge in [0.05, 0.1) is 31.2 Å². The first-order chi connectivity index (χ1) is 15.9. The highest BCUT2D eigenvalue weighted by atomic mass is 32.2. The molecule has 0 bridgehead atoms. The fraction of sp³-hybridized carbons (Fsp3) is 0.130. The van der Waals surface area contributed by atoms with Gasteiger partial charge in [-0.3, -0.25) is 14.5 Å². The van der Waals surface area contributed by atoms with E-state index in [9.17, 15) is 19.2 Å². The van der Waals surface area contributed by atoms with E-state index in [-0.39, 0.29) is 23.0 Å². The molecular weight excluding hydrogens is 450 g/mol. The Bertz CT molecular complexity index is 1280. The summed E-state index contributed by atoms with van der Waals surface area (Å²) in [6.07, 6.45) is 1.46. The van der Waals surface area contributed by atoms with E-state index < -0.39 is 23.1 Å². The average molecular weight is 467 g/mol. The standard InChI is InChI=1S/C23H17NO8S/c1-29-21(26)16-6-4-3-5-15(16)17-9-7-13(31-17)11-19-20(25)24(23(28)33-19)12-14-8-10-18(32-14)22(27)30-2/h3-11H,12H2,1-2H3. The quantitative estimate of drug-likeness (QED) is 0.385. The summed E-state index contributed by atoms with van der Waals surface area (Å²) in [6, 6.07) is 13.0. The Labute approximate surface area is 191 Å². The van der Waals surface area contributed by atoms with Crippen LogP contribution >= 0.6 is 11.8 Å². The minimum Gasteiger partial charge on any atom is -0.465 e. The van der Waals surface area contributed by atoms with Crippen LogP contribution in [0.5, 0.6) is 0 Å². The molecule has 0 N–H and O–H groups in total. The van der Waals surface area contributed by atoms with Gasteiger partial charge < -0.3 is 18.3 Å². The van der Waals surface area contributed by atoms with Crippen molar-refractivity contribution in [1.29, 1.82) is 0 Å². The lowest BCUT2D eigenvalue weighted by Crippen LogP contribution is -2.27. The topological polar surface area (TPSA) is 116 Å². The van der Waals surface area contributed by atoms with Gasteiger partial charge in [-0.05, 0) is 42.1 Å². The normalized spacial score (nSPS) is 14.7. The summed E-state index contributed by atoms with van der Waals surface area (Å²) in [4.78, 5) is 49.8. The molecule has 0 unspecified atom stereocenters. The van der Waals surface area contributed by atoms with E-state index in [1.54, 1.807) is 36.4 Å². The molecule has 0 saturated carbocycles. The summed E-state index contributed by atoms with van der Waals surface area (Å²) in [7, 11) is 2.52. The molecule has 0 atom stereocenters. The van der Waals surface area contributed by atoms with Crippen molar-refractivity contribution in [3.05, 3.63) is 76.3 Å². The van der Waals surface area contributed by atoms with E-state index in [0.717, 1.165) is 16.7 Å². The van der Waals surface area contributed by atoms with Crippen LogP contribution in [0.2, 0.25) is 0 Å². The SMILES string of the molecule is COC(=O)c1ccc(CN2C(=O)SC(=Cc3ccc(-c4ccccc4C(=O)OC)o3)C2=O)o1. The number of esters is 2. The third-order valence-corrected chi connectivity index (χ3v) is 5.64. The number of hydrogen-bond acceptors (Lipinski definition) is 9. The van der Waals surface area contributed by atoms with Crippen LogP contribution < -0.4 is 0 Å². The number of nitrogens with zero attached hydrogens (tertiary/aromatic N) is 1. The zero-order valence-corrected chi connectivity index (χ0v) is 18.3. The number of carbonyl (C=O) groups is 4. The lowest BCUT2D eigenvalue weighted by Gasteiger charge is -2.09. The van der Waals surface area contributed by atoms with E-state index in [1.807, 2.05) is 0 Å². The molecule has 1 saturated heterocycles. The second-order valence-corrected chi connectivity index (χ2v) is 7.76. The summed E-state index contributed by atoms with van der Waals surface area (Å²) in [6.45, 7) is -0.130. The Kier molecular flexibility index (Phi) is 6.18. The molecule has 1 fully saturated rings. The van der Waals surface area contributed by atoms with Crippen LogP contribution in [0.3, 0.4) is 0 Å². The number of hydrogen-bond donors (Lipinski definition) is 0. The largest absolute Gasteiger partial charge is 0.465 e. The number of carbonyl (C=O) groups excluding carboxylic acids is 4. The third kappa shape index (κ3) is 4.46. The van der Waals surface area contributed by atoms with Crippen LogP contribution in [0.15, 0.2) is 62.3 Å². The van der Waals surface area contributed by atoms with Gasteiger partial charge in [0.25, 0.3) is 11.1 Å². The number of ether oxygens (including phenoxy) is 2. The van der Waals surface area contributed by atoms with Gasteiger partial charge in [0.1, 0.15) is 17.3 Å². The van der Waals surface area contributed by atoms with E-state index in [1.165, 1.54) is 32.4 Å². The van der Waals surface area contributed by atoms with Crippen molar-refractivity contribution < 1.29 is 37.5 Å². The maximum absolute atomic E-state index is 12.8. The molecule has 0 radical (unpaired) electrons. The summed E-state index contributed by atoms with van der Waals surface area (Å²) in [5.74, 6) is -0.692. The fourth-order valence-corrected chi connectivity index (χ4v) is 3.97. The van der Waals surface area contributed by atoms with Crippen LogP contribution in [-0.4, -0.2) is 42.2 Å². The Morgan fingerprint density at radius 3 is 2.48 bits per heavy atom. The molecule has 33 heavy (non-hydrogen) atoms. The maximum Gasteiger partial charge on any atom is 0.373 e. The van der Waals surface area contributed by atoms with Gasteiger partial charge in [-0.15, -0.1) is 0 Å². The van der Waals surface area contributed by atoms with Crippen molar-refractivity contribution in [3.63, 3.8) is 0 Å². The lowest BCUT2D eigenvalue weighted by atomic mass is 10.1.